The molecular weight excluding hydrogens is 168 g/mol. The average Bonchev–Trinajstić information content (AvgIpc) is 2.84. The Bertz CT molecular complexity index is 316. The van der Waals surface area contributed by atoms with Crippen molar-refractivity contribution in [1.82, 2.24) is 20.7 Å². The molecule has 0 amide bonds. The third-order valence-corrected chi connectivity index (χ3v) is 2.14. The lowest BCUT2D eigenvalue weighted by molar-refractivity contribution is 0.0988. The normalized spacial score (nSPS) is 16.1. The predicted molar refractivity (Wildman–Crippen MR) is 46.6 cm³/mol. The lowest BCUT2D eigenvalue weighted by Crippen LogP contribution is -2.19. The summed E-state index contributed by atoms with van der Waals surface area (Å²) in [6.45, 7) is 0.326. The van der Waals surface area contributed by atoms with Crippen molar-refractivity contribution in [3.8, 4) is 0 Å². The van der Waals surface area contributed by atoms with E-state index in [4.69, 9.17) is 0 Å². The fourth-order valence-corrected chi connectivity index (χ4v) is 1.33. The van der Waals surface area contributed by atoms with Gasteiger partial charge in [-0.25, -0.2) is 0 Å². The Morgan fingerprint density at radius 2 is 2.38 bits per heavy atom. The maximum absolute atomic E-state index is 11.5. The monoisotopic (exact) mass is 180 g/mol. The third kappa shape index (κ3) is 1.60. The Hall–Kier alpha value is -1.23. The number of aromatic nitrogens is 3. The molecular formula is C8H12N4O. The van der Waals surface area contributed by atoms with Crippen molar-refractivity contribution in [2.75, 3.05) is 13.6 Å². The fourth-order valence-electron chi connectivity index (χ4n) is 1.33. The van der Waals surface area contributed by atoms with Crippen LogP contribution in [0.25, 0.3) is 0 Å². The van der Waals surface area contributed by atoms with Gasteiger partial charge in [-0.15, -0.1) is 0 Å². The minimum Gasteiger partial charge on any atom is -0.313 e. The van der Waals surface area contributed by atoms with Gasteiger partial charge in [-0.3, -0.25) is 4.79 Å². The zero-order chi connectivity index (χ0) is 9.26. The van der Waals surface area contributed by atoms with Crippen molar-refractivity contribution >= 4 is 5.78 Å². The summed E-state index contributed by atoms with van der Waals surface area (Å²) in [7, 11) is 1.74. The van der Waals surface area contributed by atoms with Crippen LogP contribution in [-0.4, -0.2) is 34.8 Å². The van der Waals surface area contributed by atoms with Crippen molar-refractivity contribution < 1.29 is 4.79 Å². The predicted octanol–water partition coefficient (Wildman–Crippen LogP) is 0.0842. The van der Waals surface area contributed by atoms with Gasteiger partial charge in [0, 0.05) is 5.92 Å². The van der Waals surface area contributed by atoms with Crippen molar-refractivity contribution in [2.24, 2.45) is 0 Å². The molecule has 5 heteroatoms. The molecule has 70 valence electrons. The molecule has 0 saturated heterocycles. The highest BCUT2D eigenvalue weighted by molar-refractivity contribution is 5.96. The number of carbonyl (C=O) groups is 1. The van der Waals surface area contributed by atoms with Gasteiger partial charge in [-0.05, 0) is 19.9 Å². The van der Waals surface area contributed by atoms with Crippen LogP contribution >= 0.6 is 0 Å². The number of hydrogen-bond donors (Lipinski definition) is 2. The van der Waals surface area contributed by atoms with Crippen molar-refractivity contribution in [2.45, 2.75) is 18.8 Å². The van der Waals surface area contributed by atoms with Crippen LogP contribution < -0.4 is 5.32 Å². The largest absolute Gasteiger partial charge is 0.313 e. The smallest absolute Gasteiger partial charge is 0.198 e. The molecule has 1 heterocycles. The van der Waals surface area contributed by atoms with E-state index in [2.05, 4.69) is 20.7 Å². The summed E-state index contributed by atoms with van der Waals surface area (Å²) >= 11 is 0. The fraction of sp³-hybridized carbons (Fsp3) is 0.625. The Kier molecular flexibility index (Phi) is 2.10. The number of Topliss-reactive ketones (excluding diaryl/α,β-unsaturated/α-hetero) is 1. The molecule has 0 bridgehead atoms. The van der Waals surface area contributed by atoms with Crippen LogP contribution in [0.1, 0.15) is 34.9 Å². The van der Waals surface area contributed by atoms with E-state index in [1.54, 1.807) is 7.05 Å². The van der Waals surface area contributed by atoms with Crippen LogP contribution in [0.5, 0.6) is 0 Å². The average molecular weight is 180 g/mol. The first-order chi connectivity index (χ1) is 6.33. The second-order valence-electron chi connectivity index (χ2n) is 3.29. The highest BCUT2D eigenvalue weighted by Gasteiger charge is 2.31. The molecule has 0 unspecified atom stereocenters. The van der Waals surface area contributed by atoms with Crippen LogP contribution in [0.15, 0.2) is 0 Å². The maximum Gasteiger partial charge on any atom is 0.198 e. The molecule has 0 aromatic carbocycles. The van der Waals surface area contributed by atoms with Gasteiger partial charge < -0.3 is 5.32 Å². The van der Waals surface area contributed by atoms with Gasteiger partial charge in [-0.2, -0.15) is 15.4 Å². The first-order valence-corrected chi connectivity index (χ1v) is 4.41. The molecule has 0 atom stereocenters. The van der Waals surface area contributed by atoms with Crippen LogP contribution in [0.4, 0.5) is 0 Å². The molecule has 1 fully saturated rings. The first-order valence-electron chi connectivity index (χ1n) is 4.41. The summed E-state index contributed by atoms with van der Waals surface area (Å²) in [4.78, 5) is 11.5. The number of nitrogens with zero attached hydrogens (tertiary/aromatic N) is 2. The van der Waals surface area contributed by atoms with E-state index < -0.39 is 0 Å². The maximum atomic E-state index is 11.5. The number of H-pyrrole nitrogens is 1. The van der Waals surface area contributed by atoms with Gasteiger partial charge in [-0.1, -0.05) is 0 Å². The number of carbonyl (C=O) groups excluding carboxylic acids is 1. The summed E-state index contributed by atoms with van der Waals surface area (Å²) in [6.07, 6.45) is 2.26. The number of aromatic amines is 1. The molecule has 5 nitrogen and oxygen atoms in total. The van der Waals surface area contributed by atoms with Gasteiger partial charge in [0.2, 0.25) is 0 Å². The number of likely N-dealkylation sites (N-methyl/N-ethyl adjacent to an activating group) is 1. The van der Waals surface area contributed by atoms with E-state index in [-0.39, 0.29) is 5.78 Å². The van der Waals surface area contributed by atoms with Gasteiger partial charge in [0.15, 0.2) is 11.5 Å². The molecule has 1 saturated carbocycles. The van der Waals surface area contributed by atoms with E-state index in [1.165, 1.54) is 0 Å². The van der Waals surface area contributed by atoms with E-state index in [0.717, 1.165) is 18.5 Å². The van der Waals surface area contributed by atoms with E-state index in [1.807, 2.05) is 0 Å². The van der Waals surface area contributed by atoms with E-state index in [9.17, 15) is 4.79 Å². The highest BCUT2D eigenvalue weighted by atomic mass is 16.1. The minimum atomic E-state index is 0.0122. The van der Waals surface area contributed by atoms with E-state index in [0.29, 0.717) is 18.2 Å². The zero-order valence-electron chi connectivity index (χ0n) is 7.50. The summed E-state index contributed by atoms with van der Waals surface area (Å²) in [5.41, 5.74) is 1.36. The van der Waals surface area contributed by atoms with Crippen molar-refractivity contribution in [3.63, 3.8) is 0 Å². The molecule has 1 aromatic rings. The molecule has 1 aliphatic carbocycles. The van der Waals surface area contributed by atoms with Gasteiger partial charge in [0.25, 0.3) is 0 Å². The highest BCUT2D eigenvalue weighted by Crippen LogP contribution is 2.39. The second-order valence-corrected chi connectivity index (χ2v) is 3.29. The number of ketones is 1. The van der Waals surface area contributed by atoms with Crippen LogP contribution in [0.2, 0.25) is 0 Å². The second kappa shape index (κ2) is 3.26. The van der Waals surface area contributed by atoms with E-state index >= 15 is 0 Å². The number of nitrogens with one attached hydrogen (secondary N) is 2. The van der Waals surface area contributed by atoms with Gasteiger partial charge in [0.05, 0.1) is 12.2 Å². The Labute approximate surface area is 75.9 Å². The quantitative estimate of drug-likeness (QED) is 0.644. The summed E-state index contributed by atoms with van der Waals surface area (Å²) in [6, 6.07) is 0. The lowest BCUT2D eigenvalue weighted by Gasteiger charge is -1.96. The standard InChI is InChI=1S/C8H12N4O/c1-9-4-6(13)8-7(5-2-3-5)10-12-11-8/h5,9H,2-4H2,1H3,(H,10,11,12). The first kappa shape index (κ1) is 8.37. The minimum absolute atomic E-state index is 0.0122. The SMILES string of the molecule is CNCC(=O)c1n[nH]nc1C1CC1. The summed E-state index contributed by atoms with van der Waals surface area (Å²) in [5.74, 6) is 0.479. The van der Waals surface area contributed by atoms with Crippen molar-refractivity contribution in [3.05, 3.63) is 11.4 Å². The molecule has 0 radical (unpaired) electrons. The number of rotatable bonds is 4. The molecule has 0 aliphatic heterocycles. The lowest BCUT2D eigenvalue weighted by atomic mass is 10.2. The summed E-state index contributed by atoms with van der Waals surface area (Å²) in [5, 5.41) is 13.2. The molecule has 1 aliphatic rings. The Balaban J connectivity index is 2.18. The van der Waals surface area contributed by atoms with Crippen LogP contribution in [0, 0.1) is 0 Å². The van der Waals surface area contributed by atoms with Crippen LogP contribution in [-0.2, 0) is 0 Å². The topological polar surface area (TPSA) is 70.7 Å². The molecule has 0 spiro atoms. The Morgan fingerprint density at radius 1 is 1.62 bits per heavy atom. The van der Waals surface area contributed by atoms with Gasteiger partial charge >= 0.3 is 0 Å². The Morgan fingerprint density at radius 3 is 3.00 bits per heavy atom. The molecule has 2 N–H and O–H groups in total. The van der Waals surface area contributed by atoms with Crippen LogP contribution in [0.3, 0.4) is 0 Å². The summed E-state index contributed by atoms with van der Waals surface area (Å²) < 4.78 is 0. The molecule has 2 rings (SSSR count). The molecule has 1 aromatic heterocycles. The van der Waals surface area contributed by atoms with Crippen molar-refractivity contribution in [1.29, 1.82) is 0 Å². The third-order valence-electron chi connectivity index (χ3n) is 2.14. The molecule has 13 heavy (non-hydrogen) atoms. The van der Waals surface area contributed by atoms with Gasteiger partial charge in [0.1, 0.15) is 0 Å². The number of hydrogen-bond acceptors (Lipinski definition) is 4. The zero-order valence-corrected chi connectivity index (χ0v) is 7.50.